The molecule has 2 rings (SSSR count). The van der Waals surface area contributed by atoms with Crippen LogP contribution in [0, 0.1) is 6.92 Å². The minimum absolute atomic E-state index is 0.780. The maximum absolute atomic E-state index is 5.88. The van der Waals surface area contributed by atoms with Crippen LogP contribution >= 0.6 is 27.5 Å². The number of aromatic nitrogens is 1. The van der Waals surface area contributed by atoms with Gasteiger partial charge in [-0.25, -0.2) is 4.98 Å². The molecule has 0 N–H and O–H groups in total. The maximum atomic E-state index is 5.88. The molecule has 2 nitrogen and oxygen atoms in total. The second kappa shape index (κ2) is 6.40. The van der Waals surface area contributed by atoms with Gasteiger partial charge in [-0.1, -0.05) is 23.7 Å². The first kappa shape index (κ1) is 14.4. The Kier molecular flexibility index (Phi) is 4.83. The molecule has 0 fully saturated rings. The Morgan fingerprint density at radius 1 is 1.26 bits per heavy atom. The molecule has 1 aromatic carbocycles. The molecule has 0 saturated heterocycles. The fourth-order valence-electron chi connectivity index (χ4n) is 1.80. The van der Waals surface area contributed by atoms with E-state index in [-0.39, 0.29) is 0 Å². The zero-order valence-electron chi connectivity index (χ0n) is 11.0. The smallest absolute Gasteiger partial charge is 0.128 e. The summed E-state index contributed by atoms with van der Waals surface area (Å²) in [5.41, 5.74) is 2.48. The molecule has 0 saturated carbocycles. The fraction of sp³-hybridized carbons (Fsp3) is 0.267. The summed E-state index contributed by atoms with van der Waals surface area (Å²) in [6.45, 7) is 3.00. The Hall–Kier alpha value is -1.06. The quantitative estimate of drug-likeness (QED) is 0.816. The van der Waals surface area contributed by atoms with Crippen molar-refractivity contribution in [2.24, 2.45) is 0 Å². The summed E-state index contributed by atoms with van der Waals surface area (Å²) < 4.78 is 1.04. The predicted octanol–water partition coefficient (Wildman–Crippen LogP) is 4.48. The van der Waals surface area contributed by atoms with E-state index in [1.54, 1.807) is 0 Å². The summed E-state index contributed by atoms with van der Waals surface area (Å²) in [5.74, 6) is 0.995. The number of hydrogen-bond donors (Lipinski definition) is 0. The van der Waals surface area contributed by atoms with Gasteiger partial charge >= 0.3 is 0 Å². The summed E-state index contributed by atoms with van der Waals surface area (Å²) in [4.78, 5) is 6.58. The third-order valence-corrected chi connectivity index (χ3v) is 4.15. The van der Waals surface area contributed by atoms with Gasteiger partial charge in [0.05, 0.1) is 0 Å². The van der Waals surface area contributed by atoms with E-state index in [4.69, 9.17) is 11.6 Å². The lowest BCUT2D eigenvalue weighted by molar-refractivity contribution is 0.858. The van der Waals surface area contributed by atoms with Gasteiger partial charge in [-0.15, -0.1) is 0 Å². The average molecular weight is 340 g/mol. The first-order chi connectivity index (χ1) is 9.06. The fourth-order valence-corrected chi connectivity index (χ4v) is 2.14. The number of benzene rings is 1. The van der Waals surface area contributed by atoms with Crippen LogP contribution in [-0.4, -0.2) is 18.6 Å². The van der Waals surface area contributed by atoms with Crippen LogP contribution in [0.1, 0.15) is 11.1 Å². The number of hydrogen-bond acceptors (Lipinski definition) is 2. The van der Waals surface area contributed by atoms with E-state index < -0.39 is 0 Å². The lowest BCUT2D eigenvalue weighted by Gasteiger charge is -2.18. The number of rotatable bonds is 4. The Morgan fingerprint density at radius 3 is 2.58 bits per heavy atom. The zero-order valence-corrected chi connectivity index (χ0v) is 13.4. The number of nitrogens with zero attached hydrogens (tertiary/aromatic N) is 2. The Bertz CT molecular complexity index is 555. The molecule has 0 amide bonds. The molecule has 2 aromatic rings. The van der Waals surface area contributed by atoms with Gasteiger partial charge in [0.15, 0.2) is 0 Å². The van der Waals surface area contributed by atoms with Gasteiger partial charge in [0.25, 0.3) is 0 Å². The molecule has 0 aliphatic carbocycles. The number of halogens is 2. The first-order valence-corrected chi connectivity index (χ1v) is 7.31. The van der Waals surface area contributed by atoms with Crippen molar-refractivity contribution in [3.05, 3.63) is 57.2 Å². The SMILES string of the molecule is Cc1cc(N(C)CCc2ccc(Cl)cc2)ncc1Br. The van der Waals surface area contributed by atoms with Gasteiger partial charge in [0.2, 0.25) is 0 Å². The number of pyridine rings is 1. The molecule has 1 aromatic heterocycles. The largest absolute Gasteiger partial charge is 0.359 e. The molecule has 0 aliphatic rings. The normalized spacial score (nSPS) is 10.5. The molecule has 19 heavy (non-hydrogen) atoms. The minimum Gasteiger partial charge on any atom is -0.359 e. The van der Waals surface area contributed by atoms with E-state index in [2.05, 4.69) is 58.0 Å². The van der Waals surface area contributed by atoms with E-state index in [9.17, 15) is 0 Å². The predicted molar refractivity (Wildman–Crippen MR) is 85.1 cm³/mol. The van der Waals surface area contributed by atoms with Gasteiger partial charge in [-0.2, -0.15) is 0 Å². The number of anilines is 1. The third-order valence-electron chi connectivity index (χ3n) is 3.07. The van der Waals surface area contributed by atoms with E-state index in [0.29, 0.717) is 0 Å². The summed E-state index contributed by atoms with van der Waals surface area (Å²) in [7, 11) is 2.06. The maximum Gasteiger partial charge on any atom is 0.128 e. The van der Waals surface area contributed by atoms with Crippen molar-refractivity contribution < 1.29 is 0 Å². The molecular weight excluding hydrogens is 324 g/mol. The van der Waals surface area contributed by atoms with Crippen LogP contribution in [0.15, 0.2) is 41.0 Å². The van der Waals surface area contributed by atoms with E-state index >= 15 is 0 Å². The Morgan fingerprint density at radius 2 is 1.95 bits per heavy atom. The number of aryl methyl sites for hydroxylation is 1. The highest BCUT2D eigenvalue weighted by atomic mass is 79.9. The van der Waals surface area contributed by atoms with Crippen molar-refractivity contribution in [2.75, 3.05) is 18.5 Å². The standard InChI is InChI=1S/C15H16BrClN2/c1-11-9-15(18-10-14(11)16)19(2)8-7-12-3-5-13(17)6-4-12/h3-6,9-10H,7-8H2,1-2H3. The summed E-state index contributed by atoms with van der Waals surface area (Å²) in [6.07, 6.45) is 2.83. The van der Waals surface area contributed by atoms with Gasteiger partial charge < -0.3 is 4.90 Å². The lowest BCUT2D eigenvalue weighted by Crippen LogP contribution is -2.21. The lowest BCUT2D eigenvalue weighted by atomic mass is 10.1. The van der Waals surface area contributed by atoms with E-state index in [0.717, 1.165) is 28.3 Å². The van der Waals surface area contributed by atoms with Crippen LogP contribution in [-0.2, 0) is 6.42 Å². The van der Waals surface area contributed by atoms with Crippen LogP contribution in [0.4, 0.5) is 5.82 Å². The second-order valence-corrected chi connectivity index (χ2v) is 5.88. The molecule has 0 bridgehead atoms. The molecule has 100 valence electrons. The van der Waals surface area contributed by atoms with Gasteiger partial charge in [0, 0.05) is 29.3 Å². The van der Waals surface area contributed by atoms with Crippen molar-refractivity contribution >= 4 is 33.3 Å². The molecule has 0 radical (unpaired) electrons. The molecular formula is C15H16BrClN2. The highest BCUT2D eigenvalue weighted by Gasteiger charge is 2.05. The van der Waals surface area contributed by atoms with Crippen LogP contribution in [0.2, 0.25) is 5.02 Å². The van der Waals surface area contributed by atoms with Crippen molar-refractivity contribution in [3.63, 3.8) is 0 Å². The van der Waals surface area contributed by atoms with Gasteiger partial charge in [0.1, 0.15) is 5.82 Å². The zero-order chi connectivity index (χ0) is 13.8. The van der Waals surface area contributed by atoms with Crippen molar-refractivity contribution in [1.29, 1.82) is 0 Å². The second-order valence-electron chi connectivity index (χ2n) is 4.59. The molecule has 4 heteroatoms. The molecule has 0 aliphatic heterocycles. The Labute approximate surface area is 127 Å². The van der Waals surface area contributed by atoms with E-state index in [1.807, 2.05) is 18.3 Å². The van der Waals surface area contributed by atoms with Crippen LogP contribution in [0.25, 0.3) is 0 Å². The summed E-state index contributed by atoms with van der Waals surface area (Å²) >= 11 is 9.35. The van der Waals surface area contributed by atoms with Crippen LogP contribution in [0.3, 0.4) is 0 Å². The topological polar surface area (TPSA) is 16.1 Å². The van der Waals surface area contributed by atoms with Crippen LogP contribution < -0.4 is 4.90 Å². The van der Waals surface area contributed by atoms with Crippen molar-refractivity contribution in [1.82, 2.24) is 4.98 Å². The monoisotopic (exact) mass is 338 g/mol. The average Bonchev–Trinajstić information content (AvgIpc) is 2.41. The van der Waals surface area contributed by atoms with E-state index in [1.165, 1.54) is 11.1 Å². The van der Waals surface area contributed by atoms with Crippen molar-refractivity contribution in [2.45, 2.75) is 13.3 Å². The number of likely N-dealkylation sites (N-methyl/N-ethyl adjacent to an activating group) is 1. The van der Waals surface area contributed by atoms with Gasteiger partial charge in [-0.05, 0) is 58.6 Å². The minimum atomic E-state index is 0.780. The van der Waals surface area contributed by atoms with Crippen LogP contribution in [0.5, 0.6) is 0 Å². The summed E-state index contributed by atoms with van der Waals surface area (Å²) in [6, 6.07) is 10.1. The van der Waals surface area contributed by atoms with Gasteiger partial charge in [-0.3, -0.25) is 0 Å². The highest BCUT2D eigenvalue weighted by Crippen LogP contribution is 2.19. The molecule has 0 atom stereocenters. The highest BCUT2D eigenvalue weighted by molar-refractivity contribution is 9.10. The molecule has 1 heterocycles. The molecule has 0 spiro atoms. The summed E-state index contributed by atoms with van der Waals surface area (Å²) in [5, 5.41) is 0.780. The van der Waals surface area contributed by atoms with Crippen molar-refractivity contribution in [3.8, 4) is 0 Å². The first-order valence-electron chi connectivity index (χ1n) is 6.14. The third kappa shape index (κ3) is 3.95. The molecule has 0 unspecified atom stereocenters. The Balaban J connectivity index is 1.98.